The van der Waals surface area contributed by atoms with Crippen molar-refractivity contribution in [3.8, 4) is 0 Å². The summed E-state index contributed by atoms with van der Waals surface area (Å²) < 4.78 is 9.64. The van der Waals surface area contributed by atoms with Crippen LogP contribution in [-0.4, -0.2) is 43.2 Å². The van der Waals surface area contributed by atoms with Crippen LogP contribution < -0.4 is 16.0 Å². The van der Waals surface area contributed by atoms with Gasteiger partial charge in [-0.3, -0.25) is 14.4 Å². The van der Waals surface area contributed by atoms with Crippen molar-refractivity contribution in [2.75, 3.05) is 31.0 Å². The van der Waals surface area contributed by atoms with Gasteiger partial charge in [-0.2, -0.15) is 0 Å². The second-order valence-corrected chi connectivity index (χ2v) is 7.41. The number of ether oxygens (including phenoxy) is 2. The molecule has 8 nitrogen and oxygen atoms in total. The molecule has 0 aliphatic carbocycles. The van der Waals surface area contributed by atoms with Crippen LogP contribution in [0.2, 0.25) is 0 Å². The number of esters is 1. The SMILES string of the molecule is COCCOC(=O)CCC(=O)NC(=S)Nc1cccc(NC(=O)C(C)(C)C)c1. The lowest BCUT2D eigenvalue weighted by Gasteiger charge is -2.18. The number of hydrogen-bond donors (Lipinski definition) is 3. The first-order chi connectivity index (χ1) is 13.1. The number of nitrogens with one attached hydrogen (secondary N) is 3. The van der Waals surface area contributed by atoms with Crippen molar-refractivity contribution in [1.82, 2.24) is 5.32 Å². The highest BCUT2D eigenvalue weighted by Gasteiger charge is 2.21. The first-order valence-electron chi connectivity index (χ1n) is 8.78. The predicted octanol–water partition coefficient (Wildman–Crippen LogP) is 2.45. The highest BCUT2D eigenvalue weighted by Crippen LogP contribution is 2.20. The van der Waals surface area contributed by atoms with Crippen LogP contribution >= 0.6 is 12.2 Å². The van der Waals surface area contributed by atoms with Gasteiger partial charge in [0.25, 0.3) is 0 Å². The maximum absolute atomic E-state index is 12.1. The summed E-state index contributed by atoms with van der Waals surface area (Å²) in [4.78, 5) is 35.4. The van der Waals surface area contributed by atoms with E-state index in [0.29, 0.717) is 18.0 Å². The summed E-state index contributed by atoms with van der Waals surface area (Å²) in [6.45, 7) is 5.92. The Balaban J connectivity index is 2.46. The number of methoxy groups -OCH3 is 1. The van der Waals surface area contributed by atoms with Crippen molar-refractivity contribution in [2.45, 2.75) is 33.6 Å². The molecule has 28 heavy (non-hydrogen) atoms. The van der Waals surface area contributed by atoms with Crippen molar-refractivity contribution in [3.63, 3.8) is 0 Å². The average molecular weight is 410 g/mol. The Kier molecular flexibility index (Phi) is 9.54. The molecule has 0 aliphatic heterocycles. The van der Waals surface area contributed by atoms with Crippen LogP contribution in [0.1, 0.15) is 33.6 Å². The van der Waals surface area contributed by atoms with Gasteiger partial charge in [-0.15, -0.1) is 0 Å². The van der Waals surface area contributed by atoms with E-state index in [0.717, 1.165) is 0 Å². The predicted molar refractivity (Wildman–Crippen MR) is 111 cm³/mol. The molecule has 2 amide bonds. The van der Waals surface area contributed by atoms with Gasteiger partial charge in [-0.25, -0.2) is 0 Å². The summed E-state index contributed by atoms with van der Waals surface area (Å²) in [6, 6.07) is 6.96. The fourth-order valence-corrected chi connectivity index (χ4v) is 2.10. The van der Waals surface area contributed by atoms with Crippen LogP contribution in [0, 0.1) is 5.41 Å². The number of amides is 2. The second kappa shape index (κ2) is 11.4. The minimum atomic E-state index is -0.516. The van der Waals surface area contributed by atoms with E-state index in [9.17, 15) is 14.4 Å². The quantitative estimate of drug-likeness (QED) is 0.344. The van der Waals surface area contributed by atoms with Gasteiger partial charge >= 0.3 is 5.97 Å². The molecule has 154 valence electrons. The molecule has 0 spiro atoms. The van der Waals surface area contributed by atoms with Gasteiger partial charge in [0.2, 0.25) is 11.8 Å². The van der Waals surface area contributed by atoms with Crippen molar-refractivity contribution in [1.29, 1.82) is 0 Å². The van der Waals surface area contributed by atoms with E-state index >= 15 is 0 Å². The summed E-state index contributed by atoms with van der Waals surface area (Å²) >= 11 is 5.11. The number of benzene rings is 1. The van der Waals surface area contributed by atoms with E-state index < -0.39 is 17.3 Å². The van der Waals surface area contributed by atoms with Gasteiger partial charge in [-0.05, 0) is 30.4 Å². The van der Waals surface area contributed by atoms with E-state index in [4.69, 9.17) is 21.7 Å². The normalized spacial score (nSPS) is 10.7. The Morgan fingerprint density at radius 3 is 2.29 bits per heavy atom. The van der Waals surface area contributed by atoms with Gasteiger partial charge in [0, 0.05) is 30.3 Å². The van der Waals surface area contributed by atoms with Crippen molar-refractivity contribution < 1.29 is 23.9 Å². The van der Waals surface area contributed by atoms with Gasteiger partial charge in [0.1, 0.15) is 6.61 Å². The molecule has 3 N–H and O–H groups in total. The molecule has 0 fully saturated rings. The molecule has 0 aliphatic rings. The van der Waals surface area contributed by atoms with Gasteiger partial charge in [-0.1, -0.05) is 26.8 Å². The summed E-state index contributed by atoms with van der Waals surface area (Å²) in [5.41, 5.74) is 0.700. The van der Waals surface area contributed by atoms with Crippen LogP contribution in [0.25, 0.3) is 0 Å². The third-order valence-electron chi connectivity index (χ3n) is 3.42. The first-order valence-corrected chi connectivity index (χ1v) is 9.19. The zero-order valence-corrected chi connectivity index (χ0v) is 17.4. The molecule has 0 atom stereocenters. The highest BCUT2D eigenvalue weighted by atomic mass is 32.1. The fraction of sp³-hybridized carbons (Fsp3) is 0.474. The summed E-state index contributed by atoms with van der Waals surface area (Å²) in [6.07, 6.45) is -0.0954. The number of carbonyl (C=O) groups excluding carboxylic acids is 3. The lowest BCUT2D eigenvalue weighted by atomic mass is 9.95. The Bertz CT molecular complexity index is 716. The van der Waals surface area contributed by atoms with Crippen LogP contribution in [0.3, 0.4) is 0 Å². The van der Waals surface area contributed by atoms with Crippen LogP contribution in [0.5, 0.6) is 0 Å². The first kappa shape index (κ1) is 23.5. The van der Waals surface area contributed by atoms with Crippen molar-refractivity contribution >= 4 is 46.5 Å². The molecule has 0 unspecified atom stereocenters. The summed E-state index contributed by atoms with van der Waals surface area (Å²) in [5, 5.41) is 8.28. The van der Waals surface area contributed by atoms with E-state index in [1.807, 2.05) is 20.8 Å². The largest absolute Gasteiger partial charge is 0.463 e. The second-order valence-electron chi connectivity index (χ2n) is 7.00. The average Bonchev–Trinajstić information content (AvgIpc) is 2.59. The lowest BCUT2D eigenvalue weighted by molar-refractivity contribution is -0.146. The smallest absolute Gasteiger partial charge is 0.306 e. The zero-order valence-electron chi connectivity index (χ0n) is 16.6. The topological polar surface area (TPSA) is 106 Å². The monoisotopic (exact) mass is 409 g/mol. The number of carbonyl (C=O) groups is 3. The van der Waals surface area contributed by atoms with Gasteiger partial charge in [0.15, 0.2) is 5.11 Å². The molecule has 0 radical (unpaired) electrons. The van der Waals surface area contributed by atoms with E-state index in [1.165, 1.54) is 7.11 Å². The molecule has 9 heteroatoms. The zero-order chi connectivity index (χ0) is 21.2. The van der Waals surface area contributed by atoms with E-state index in [2.05, 4.69) is 16.0 Å². The minimum absolute atomic E-state index is 0.0463. The highest BCUT2D eigenvalue weighted by molar-refractivity contribution is 7.80. The molecule has 0 bridgehead atoms. The standard InChI is InChI=1S/C19H27N3O5S/c1-19(2,3)17(25)20-13-6-5-7-14(12-13)21-18(28)22-15(23)8-9-16(24)27-11-10-26-4/h5-7,12H,8-11H2,1-4H3,(H,20,25)(H2,21,22,23,28). The van der Waals surface area contributed by atoms with Crippen molar-refractivity contribution in [3.05, 3.63) is 24.3 Å². The van der Waals surface area contributed by atoms with E-state index in [-0.39, 0.29) is 30.5 Å². The molecule has 0 saturated carbocycles. The number of thiocarbonyl (C=S) groups is 1. The van der Waals surface area contributed by atoms with Crippen LogP contribution in [0.4, 0.5) is 11.4 Å². The minimum Gasteiger partial charge on any atom is -0.463 e. The molecule has 0 aromatic heterocycles. The Morgan fingerprint density at radius 1 is 1.04 bits per heavy atom. The molecule has 1 aromatic rings. The summed E-state index contributed by atoms with van der Waals surface area (Å²) in [7, 11) is 1.50. The van der Waals surface area contributed by atoms with Gasteiger partial charge < -0.3 is 25.4 Å². The Hall–Kier alpha value is -2.52. The van der Waals surface area contributed by atoms with Crippen molar-refractivity contribution in [2.24, 2.45) is 5.41 Å². The molecule has 1 aromatic carbocycles. The fourth-order valence-electron chi connectivity index (χ4n) is 1.87. The summed E-state index contributed by atoms with van der Waals surface area (Å²) in [5.74, 6) is -0.996. The molecule has 0 saturated heterocycles. The molecular formula is C19H27N3O5S. The Morgan fingerprint density at radius 2 is 1.68 bits per heavy atom. The Labute approximate surface area is 170 Å². The molecule has 1 rings (SSSR count). The van der Waals surface area contributed by atoms with Crippen LogP contribution in [-0.2, 0) is 23.9 Å². The van der Waals surface area contributed by atoms with E-state index in [1.54, 1.807) is 24.3 Å². The maximum Gasteiger partial charge on any atom is 0.306 e. The number of hydrogen-bond acceptors (Lipinski definition) is 6. The number of rotatable bonds is 8. The lowest BCUT2D eigenvalue weighted by Crippen LogP contribution is -2.34. The molecule has 0 heterocycles. The van der Waals surface area contributed by atoms with Crippen LogP contribution in [0.15, 0.2) is 24.3 Å². The molecular weight excluding hydrogens is 382 g/mol. The van der Waals surface area contributed by atoms with Gasteiger partial charge in [0.05, 0.1) is 13.0 Å². The number of anilines is 2. The third-order valence-corrected chi connectivity index (χ3v) is 3.62. The maximum atomic E-state index is 12.1. The third kappa shape index (κ3) is 9.43.